The Morgan fingerprint density at radius 3 is 1.24 bits per heavy atom. The highest BCUT2D eigenvalue weighted by atomic mass is 19.1. The van der Waals surface area contributed by atoms with Crippen LogP contribution < -0.4 is 0 Å². The molecule has 0 amide bonds. The molecule has 0 spiro atoms. The van der Waals surface area contributed by atoms with Gasteiger partial charge in [0.1, 0.15) is 23.2 Å². The fourth-order valence-corrected chi connectivity index (χ4v) is 6.35. The Balaban J connectivity index is 0.000000181. The standard InChI is InChI=1S/2C20H21FO2/c2*1-14-2-6-16(7-3-14)20-13-23-12-17(20)11-19(22)10-15-4-8-18(21)9-5-15/h2*2-9,17,20H,10-13H2,1H3/t2*17?,20-/m00/s1. The molecule has 2 heterocycles. The Morgan fingerprint density at radius 1 is 0.543 bits per heavy atom. The molecule has 2 aliphatic heterocycles. The van der Waals surface area contributed by atoms with Gasteiger partial charge in [0.25, 0.3) is 0 Å². The van der Waals surface area contributed by atoms with Crippen LogP contribution in [0.1, 0.15) is 58.1 Å². The second-order valence-corrected chi connectivity index (χ2v) is 12.7. The van der Waals surface area contributed by atoms with Crippen LogP contribution in [0.25, 0.3) is 0 Å². The summed E-state index contributed by atoms with van der Waals surface area (Å²) < 4.78 is 37.1. The molecule has 4 nitrogen and oxygen atoms in total. The lowest BCUT2D eigenvalue weighted by molar-refractivity contribution is -0.120. The zero-order chi connectivity index (χ0) is 32.5. The Labute approximate surface area is 270 Å². The predicted octanol–water partition coefficient (Wildman–Crippen LogP) is 8.13. The van der Waals surface area contributed by atoms with E-state index in [1.54, 1.807) is 24.3 Å². The summed E-state index contributed by atoms with van der Waals surface area (Å²) in [6.07, 6.45) is 1.74. The molecule has 6 rings (SSSR count). The molecule has 2 saturated heterocycles. The Bertz CT molecular complexity index is 1440. The van der Waals surface area contributed by atoms with E-state index in [9.17, 15) is 18.4 Å². The predicted molar refractivity (Wildman–Crippen MR) is 176 cm³/mol. The maximum Gasteiger partial charge on any atom is 0.137 e. The van der Waals surface area contributed by atoms with Crippen LogP contribution in [-0.4, -0.2) is 38.0 Å². The van der Waals surface area contributed by atoms with E-state index in [4.69, 9.17) is 9.47 Å². The van der Waals surface area contributed by atoms with Crippen LogP contribution in [0.15, 0.2) is 97.1 Å². The first-order valence-corrected chi connectivity index (χ1v) is 16.0. The molecular formula is C40H42F2O4. The summed E-state index contributed by atoms with van der Waals surface area (Å²) in [5, 5.41) is 0. The SMILES string of the molecule is Cc1ccc([C@@H]2COCC2CC(=O)Cc2ccc(F)cc2)cc1.Cc1ccc([C@@H]2COCC2CC(=O)Cc2ccc(F)cc2)cc1. The van der Waals surface area contributed by atoms with Crippen LogP contribution in [0.5, 0.6) is 0 Å². The summed E-state index contributed by atoms with van der Waals surface area (Å²) in [6, 6.07) is 29.2. The van der Waals surface area contributed by atoms with Crippen molar-refractivity contribution < 1.29 is 27.8 Å². The molecule has 0 N–H and O–H groups in total. The second-order valence-electron chi connectivity index (χ2n) is 12.7. The number of benzene rings is 4. The molecule has 0 saturated carbocycles. The van der Waals surface area contributed by atoms with Gasteiger partial charge in [-0.05, 0) is 72.2 Å². The number of rotatable bonds is 10. The van der Waals surface area contributed by atoms with Gasteiger partial charge in [-0.15, -0.1) is 0 Å². The number of carbonyl (C=O) groups is 2. The average molecular weight is 625 g/mol. The molecule has 0 bridgehead atoms. The summed E-state index contributed by atoms with van der Waals surface area (Å²) >= 11 is 0. The van der Waals surface area contributed by atoms with E-state index in [1.807, 2.05) is 0 Å². The first-order chi connectivity index (χ1) is 22.2. The third-order valence-electron chi connectivity index (χ3n) is 9.02. The number of halogens is 2. The summed E-state index contributed by atoms with van der Waals surface area (Å²) in [6.45, 7) is 6.76. The molecular weight excluding hydrogens is 582 g/mol. The normalized spacial score (nSPS) is 20.6. The lowest BCUT2D eigenvalue weighted by Crippen LogP contribution is -2.16. The highest BCUT2D eigenvalue weighted by Crippen LogP contribution is 2.35. The molecule has 0 aromatic heterocycles. The van der Waals surface area contributed by atoms with Crippen LogP contribution in [0, 0.1) is 37.3 Å². The van der Waals surface area contributed by atoms with E-state index in [2.05, 4.69) is 62.4 Å². The third-order valence-corrected chi connectivity index (χ3v) is 9.02. The summed E-state index contributed by atoms with van der Waals surface area (Å²) in [4.78, 5) is 24.7. The largest absolute Gasteiger partial charge is 0.380 e. The molecule has 2 fully saturated rings. The maximum absolute atomic E-state index is 12.9. The number of hydrogen-bond acceptors (Lipinski definition) is 4. The first kappa shape index (κ1) is 33.4. The van der Waals surface area contributed by atoms with E-state index in [-0.39, 0.29) is 46.9 Å². The number of ether oxygens (including phenoxy) is 2. The Hall–Kier alpha value is -4.00. The van der Waals surface area contributed by atoms with Gasteiger partial charge in [-0.3, -0.25) is 9.59 Å². The molecule has 4 aromatic rings. The van der Waals surface area contributed by atoms with Gasteiger partial charge in [0.2, 0.25) is 0 Å². The summed E-state index contributed by atoms with van der Waals surface area (Å²) in [5.41, 5.74) is 6.68. The molecule has 2 unspecified atom stereocenters. The molecule has 6 heteroatoms. The van der Waals surface area contributed by atoms with Crippen LogP contribution in [0.3, 0.4) is 0 Å². The monoisotopic (exact) mass is 624 g/mol. The third kappa shape index (κ3) is 9.51. The van der Waals surface area contributed by atoms with Crippen molar-refractivity contribution in [1.29, 1.82) is 0 Å². The first-order valence-electron chi connectivity index (χ1n) is 16.0. The number of ketones is 2. The van der Waals surface area contributed by atoms with Crippen LogP contribution in [0.4, 0.5) is 8.78 Å². The quantitative estimate of drug-likeness (QED) is 0.179. The zero-order valence-electron chi connectivity index (χ0n) is 26.6. The summed E-state index contributed by atoms with van der Waals surface area (Å²) in [5.74, 6) is 0.847. The molecule has 46 heavy (non-hydrogen) atoms. The molecule has 4 aromatic carbocycles. The second kappa shape index (κ2) is 16.0. The number of hydrogen-bond donors (Lipinski definition) is 0. The van der Waals surface area contributed by atoms with Gasteiger partial charge in [0, 0.05) is 37.5 Å². The highest BCUT2D eigenvalue weighted by Gasteiger charge is 2.32. The number of aryl methyl sites for hydroxylation is 2. The van der Waals surface area contributed by atoms with E-state index in [0.29, 0.717) is 52.1 Å². The lowest BCUT2D eigenvalue weighted by Gasteiger charge is -2.17. The molecule has 0 aliphatic carbocycles. The maximum atomic E-state index is 12.9. The van der Waals surface area contributed by atoms with Crippen molar-refractivity contribution in [3.05, 3.63) is 142 Å². The van der Waals surface area contributed by atoms with Crippen LogP contribution in [-0.2, 0) is 31.9 Å². The van der Waals surface area contributed by atoms with Crippen molar-refractivity contribution in [1.82, 2.24) is 0 Å². The highest BCUT2D eigenvalue weighted by molar-refractivity contribution is 5.81. The van der Waals surface area contributed by atoms with E-state index < -0.39 is 0 Å². The average Bonchev–Trinajstić information content (AvgIpc) is 3.70. The topological polar surface area (TPSA) is 52.6 Å². The minimum absolute atomic E-state index is 0.184. The number of Topliss-reactive ketones (excluding diaryl/α,β-unsaturated/α-hetero) is 2. The van der Waals surface area contributed by atoms with Gasteiger partial charge in [0.15, 0.2) is 0 Å². The van der Waals surface area contributed by atoms with E-state index >= 15 is 0 Å². The minimum Gasteiger partial charge on any atom is -0.380 e. The van der Waals surface area contributed by atoms with Crippen molar-refractivity contribution in [2.45, 2.75) is 51.4 Å². The van der Waals surface area contributed by atoms with Gasteiger partial charge in [-0.1, -0.05) is 83.9 Å². The van der Waals surface area contributed by atoms with Gasteiger partial charge in [-0.2, -0.15) is 0 Å². The zero-order valence-corrected chi connectivity index (χ0v) is 26.6. The van der Waals surface area contributed by atoms with E-state index in [0.717, 1.165) is 11.1 Å². The summed E-state index contributed by atoms with van der Waals surface area (Å²) in [7, 11) is 0. The fourth-order valence-electron chi connectivity index (χ4n) is 6.35. The van der Waals surface area contributed by atoms with Crippen molar-refractivity contribution in [3.63, 3.8) is 0 Å². The van der Waals surface area contributed by atoms with Crippen molar-refractivity contribution in [2.75, 3.05) is 26.4 Å². The molecule has 240 valence electrons. The van der Waals surface area contributed by atoms with Crippen molar-refractivity contribution in [3.8, 4) is 0 Å². The van der Waals surface area contributed by atoms with Gasteiger partial charge >= 0.3 is 0 Å². The molecule has 4 atom stereocenters. The van der Waals surface area contributed by atoms with Crippen LogP contribution >= 0.6 is 0 Å². The number of carbonyl (C=O) groups excluding carboxylic acids is 2. The van der Waals surface area contributed by atoms with Crippen molar-refractivity contribution in [2.24, 2.45) is 11.8 Å². The van der Waals surface area contributed by atoms with Gasteiger partial charge in [0.05, 0.1) is 26.4 Å². The van der Waals surface area contributed by atoms with Gasteiger partial charge < -0.3 is 9.47 Å². The smallest absolute Gasteiger partial charge is 0.137 e. The minimum atomic E-state index is -0.273. The molecule has 2 aliphatic rings. The van der Waals surface area contributed by atoms with Crippen LogP contribution in [0.2, 0.25) is 0 Å². The van der Waals surface area contributed by atoms with Crippen molar-refractivity contribution >= 4 is 11.6 Å². The Kier molecular flexibility index (Phi) is 11.6. The van der Waals surface area contributed by atoms with Gasteiger partial charge in [-0.25, -0.2) is 8.78 Å². The van der Waals surface area contributed by atoms with E-state index in [1.165, 1.54) is 46.5 Å². The Morgan fingerprint density at radius 2 is 0.891 bits per heavy atom. The lowest BCUT2D eigenvalue weighted by atomic mass is 9.84. The molecule has 0 radical (unpaired) electrons. The fraction of sp³-hybridized carbons (Fsp3) is 0.350.